The first kappa shape index (κ1) is 21.8. The van der Waals surface area contributed by atoms with Crippen LogP contribution in [0.4, 0.5) is 20.3 Å². The zero-order chi connectivity index (χ0) is 23.5. The molecule has 0 aliphatic rings. The number of para-hydroxylation sites is 1. The number of amides is 1. The number of aromatic nitrogens is 2. The molecule has 0 unspecified atom stereocenters. The minimum atomic E-state index is -1.09. The smallest absolute Gasteiger partial charge is 0.337 e. The molecule has 9 heteroatoms. The number of anilines is 2. The lowest BCUT2D eigenvalue weighted by molar-refractivity contribution is 0.0698. The van der Waals surface area contributed by atoms with Crippen LogP contribution in [0, 0.1) is 11.6 Å². The molecular weight excluding hydrogens is 430 g/mol. The van der Waals surface area contributed by atoms with Gasteiger partial charge in [0.1, 0.15) is 23.8 Å². The molecule has 3 N–H and O–H groups in total. The van der Waals surface area contributed by atoms with Gasteiger partial charge in [-0.1, -0.05) is 18.2 Å². The number of benzene rings is 3. The molecule has 1 aromatic heterocycles. The lowest BCUT2D eigenvalue weighted by Gasteiger charge is -2.17. The molecule has 0 fully saturated rings. The fourth-order valence-electron chi connectivity index (χ4n) is 3.42. The maximum Gasteiger partial charge on any atom is 0.337 e. The monoisotopic (exact) mass is 448 g/mol. The van der Waals surface area contributed by atoms with Gasteiger partial charge in [-0.25, -0.2) is 23.5 Å². The molecule has 0 radical (unpaired) electrons. The quantitative estimate of drug-likeness (QED) is 0.382. The fourth-order valence-corrected chi connectivity index (χ4v) is 3.42. The Bertz CT molecular complexity index is 1380. The van der Waals surface area contributed by atoms with Crippen molar-refractivity contribution < 1.29 is 23.5 Å². The molecular formula is C24H18F2N4O3. The summed E-state index contributed by atoms with van der Waals surface area (Å²) in [6, 6.07) is 14.1. The molecule has 1 heterocycles. The molecule has 1 amide bonds. The Hall–Kier alpha value is -4.40. The molecule has 0 saturated carbocycles. The highest BCUT2D eigenvalue weighted by atomic mass is 19.1. The number of halogens is 2. The molecule has 1 atom stereocenters. The van der Waals surface area contributed by atoms with E-state index >= 15 is 0 Å². The minimum Gasteiger partial charge on any atom is -0.478 e. The third kappa shape index (κ3) is 4.62. The van der Waals surface area contributed by atoms with Gasteiger partial charge in [-0.3, -0.25) is 4.79 Å². The largest absolute Gasteiger partial charge is 0.478 e. The summed E-state index contributed by atoms with van der Waals surface area (Å²) in [5.74, 6) is -2.94. The second kappa shape index (κ2) is 8.99. The third-order valence-electron chi connectivity index (χ3n) is 5.07. The van der Waals surface area contributed by atoms with Gasteiger partial charge in [0.15, 0.2) is 0 Å². The Morgan fingerprint density at radius 1 is 0.970 bits per heavy atom. The number of nitrogens with one attached hydrogen (secondary N) is 2. The van der Waals surface area contributed by atoms with Crippen molar-refractivity contribution in [3.63, 3.8) is 0 Å². The van der Waals surface area contributed by atoms with Gasteiger partial charge in [-0.05, 0) is 55.0 Å². The van der Waals surface area contributed by atoms with E-state index in [1.54, 1.807) is 30.3 Å². The average Bonchev–Trinajstić information content (AvgIpc) is 2.80. The van der Waals surface area contributed by atoms with E-state index in [-0.39, 0.29) is 11.6 Å². The second-order valence-corrected chi connectivity index (χ2v) is 7.30. The summed E-state index contributed by atoms with van der Waals surface area (Å²) in [5, 5.41) is 15.7. The number of carboxylic acid groups (broad SMARTS) is 1. The van der Waals surface area contributed by atoms with Crippen molar-refractivity contribution in [3.05, 3.63) is 95.3 Å². The van der Waals surface area contributed by atoms with Crippen molar-refractivity contribution in [2.45, 2.75) is 13.0 Å². The lowest BCUT2D eigenvalue weighted by atomic mass is 10.1. The van der Waals surface area contributed by atoms with Gasteiger partial charge < -0.3 is 15.7 Å². The molecule has 0 aliphatic carbocycles. The van der Waals surface area contributed by atoms with E-state index in [1.807, 2.05) is 13.0 Å². The highest BCUT2D eigenvalue weighted by molar-refractivity contribution is 6.05. The number of rotatable bonds is 6. The van der Waals surface area contributed by atoms with E-state index < -0.39 is 29.1 Å². The first-order valence-corrected chi connectivity index (χ1v) is 9.93. The summed E-state index contributed by atoms with van der Waals surface area (Å²) in [4.78, 5) is 32.2. The summed E-state index contributed by atoms with van der Waals surface area (Å²) < 4.78 is 27.3. The standard InChI is InChI=1S/C24H18F2N4O3/c1-13(29-22-17-6-3-7-18(24(32)33)21(17)27-12-28-22)14-4-2-5-16(10-14)30-23(31)19-11-15(25)8-9-20(19)26/h2-13H,1H3,(H,30,31)(H,32,33)(H,27,28,29)/t13-/m1/s1. The summed E-state index contributed by atoms with van der Waals surface area (Å²) in [6.07, 6.45) is 1.29. The molecule has 0 spiro atoms. The SMILES string of the molecule is C[C@@H](Nc1ncnc2c(C(=O)O)cccc12)c1cccc(NC(=O)c2cc(F)ccc2F)c1. The Labute approximate surface area is 187 Å². The van der Waals surface area contributed by atoms with Crippen molar-refractivity contribution >= 4 is 34.3 Å². The van der Waals surface area contributed by atoms with Crippen LogP contribution in [0.3, 0.4) is 0 Å². The van der Waals surface area contributed by atoms with E-state index in [2.05, 4.69) is 20.6 Å². The first-order chi connectivity index (χ1) is 15.8. The third-order valence-corrected chi connectivity index (χ3v) is 5.07. The molecule has 3 aromatic carbocycles. The predicted octanol–water partition coefficient (Wildman–Crippen LogP) is 5.03. The highest BCUT2D eigenvalue weighted by Gasteiger charge is 2.16. The number of carbonyl (C=O) groups excluding carboxylic acids is 1. The summed E-state index contributed by atoms with van der Waals surface area (Å²) in [7, 11) is 0. The Kier molecular flexibility index (Phi) is 5.95. The molecule has 0 bridgehead atoms. The van der Waals surface area contributed by atoms with Crippen LogP contribution in [-0.2, 0) is 0 Å². The Balaban J connectivity index is 1.57. The van der Waals surface area contributed by atoms with Crippen molar-refractivity contribution in [1.82, 2.24) is 9.97 Å². The molecule has 4 aromatic rings. The van der Waals surface area contributed by atoms with Gasteiger partial charge in [0, 0.05) is 11.1 Å². The van der Waals surface area contributed by atoms with Crippen molar-refractivity contribution in [2.75, 3.05) is 10.6 Å². The van der Waals surface area contributed by atoms with Crippen LogP contribution < -0.4 is 10.6 Å². The molecule has 33 heavy (non-hydrogen) atoms. The first-order valence-electron chi connectivity index (χ1n) is 9.93. The normalized spacial score (nSPS) is 11.7. The van der Waals surface area contributed by atoms with E-state index in [4.69, 9.17) is 0 Å². The van der Waals surface area contributed by atoms with Gasteiger partial charge in [0.2, 0.25) is 0 Å². The van der Waals surface area contributed by atoms with E-state index in [0.29, 0.717) is 22.4 Å². The summed E-state index contributed by atoms with van der Waals surface area (Å²) >= 11 is 0. The lowest BCUT2D eigenvalue weighted by Crippen LogP contribution is -2.15. The Morgan fingerprint density at radius 2 is 1.76 bits per heavy atom. The van der Waals surface area contributed by atoms with E-state index in [9.17, 15) is 23.5 Å². The van der Waals surface area contributed by atoms with Gasteiger partial charge in [-0.2, -0.15) is 0 Å². The zero-order valence-corrected chi connectivity index (χ0v) is 17.3. The van der Waals surface area contributed by atoms with Crippen LogP contribution in [0.25, 0.3) is 10.9 Å². The van der Waals surface area contributed by atoms with Gasteiger partial charge >= 0.3 is 5.97 Å². The van der Waals surface area contributed by atoms with Gasteiger partial charge in [-0.15, -0.1) is 0 Å². The number of aromatic carboxylic acids is 1. The van der Waals surface area contributed by atoms with E-state index in [1.165, 1.54) is 12.4 Å². The van der Waals surface area contributed by atoms with Crippen LogP contribution in [0.1, 0.15) is 39.2 Å². The summed E-state index contributed by atoms with van der Waals surface area (Å²) in [5.41, 5.74) is 1.16. The van der Waals surface area contributed by atoms with Crippen LogP contribution in [0.2, 0.25) is 0 Å². The number of carbonyl (C=O) groups is 2. The van der Waals surface area contributed by atoms with Gasteiger partial charge in [0.05, 0.1) is 22.7 Å². The number of carboxylic acids is 1. The molecule has 166 valence electrons. The maximum atomic E-state index is 13.9. The topological polar surface area (TPSA) is 104 Å². The van der Waals surface area contributed by atoms with Crippen molar-refractivity contribution in [2.24, 2.45) is 0 Å². The fraction of sp³-hybridized carbons (Fsp3) is 0.0833. The number of nitrogens with zero attached hydrogens (tertiary/aromatic N) is 2. The minimum absolute atomic E-state index is 0.0693. The summed E-state index contributed by atoms with van der Waals surface area (Å²) in [6.45, 7) is 1.86. The van der Waals surface area contributed by atoms with Crippen LogP contribution >= 0.6 is 0 Å². The number of fused-ring (bicyclic) bond motifs is 1. The van der Waals surface area contributed by atoms with Gasteiger partial charge in [0.25, 0.3) is 5.91 Å². The number of hydrogen-bond donors (Lipinski definition) is 3. The molecule has 7 nitrogen and oxygen atoms in total. The number of hydrogen-bond acceptors (Lipinski definition) is 5. The van der Waals surface area contributed by atoms with Crippen molar-refractivity contribution in [3.8, 4) is 0 Å². The predicted molar refractivity (Wildman–Crippen MR) is 119 cm³/mol. The van der Waals surface area contributed by atoms with Crippen LogP contribution in [0.15, 0.2) is 67.0 Å². The maximum absolute atomic E-state index is 13.9. The Morgan fingerprint density at radius 3 is 2.55 bits per heavy atom. The second-order valence-electron chi connectivity index (χ2n) is 7.30. The molecule has 0 aliphatic heterocycles. The highest BCUT2D eigenvalue weighted by Crippen LogP contribution is 2.27. The average molecular weight is 448 g/mol. The van der Waals surface area contributed by atoms with Crippen LogP contribution in [0.5, 0.6) is 0 Å². The van der Waals surface area contributed by atoms with Crippen LogP contribution in [-0.4, -0.2) is 27.0 Å². The van der Waals surface area contributed by atoms with E-state index in [0.717, 1.165) is 23.8 Å². The molecule has 0 saturated heterocycles. The molecule has 4 rings (SSSR count). The zero-order valence-electron chi connectivity index (χ0n) is 17.3. The van der Waals surface area contributed by atoms with Crippen molar-refractivity contribution in [1.29, 1.82) is 0 Å².